The largest absolute Gasteiger partial charge is 0.389 e. The van der Waals surface area contributed by atoms with Crippen LogP contribution < -0.4 is 22.5 Å². The van der Waals surface area contributed by atoms with E-state index in [9.17, 15) is 25.5 Å². The molecule has 1 saturated carbocycles. The summed E-state index contributed by atoms with van der Waals surface area (Å²) >= 11 is 0. The molecule has 1 aliphatic heterocycles. The van der Waals surface area contributed by atoms with Crippen molar-refractivity contribution in [3.05, 3.63) is 0 Å². The topological polar surface area (TPSA) is 210 Å². The molecule has 25 heavy (non-hydrogen) atoms. The van der Waals surface area contributed by atoms with Crippen LogP contribution in [0.1, 0.15) is 6.92 Å². The molecule has 2 fully saturated rings. The highest BCUT2D eigenvalue weighted by Crippen LogP contribution is 2.28. The standard InChI is InChI=1S/C14H30N4O7/c1-3(15)12-11(23)8(20)5(17)14(24-12)25-13-4(16)7(19)9(21)6(18-2)10(13)22/h3-14,18-23H,15-17H2,1-2H3/t3-,4-,5+,6-,7-,8+,9-,10+,11-,12+,13+,14+/m0/s1. The lowest BCUT2D eigenvalue weighted by Gasteiger charge is -2.48. The van der Waals surface area contributed by atoms with Gasteiger partial charge in [0.15, 0.2) is 6.29 Å². The lowest BCUT2D eigenvalue weighted by Crippen LogP contribution is -2.72. The summed E-state index contributed by atoms with van der Waals surface area (Å²) in [5.41, 5.74) is 17.5. The van der Waals surface area contributed by atoms with Crippen LogP contribution in [0.5, 0.6) is 0 Å². The number of nitrogens with one attached hydrogen (secondary N) is 1. The van der Waals surface area contributed by atoms with E-state index < -0.39 is 73.2 Å². The molecular weight excluding hydrogens is 336 g/mol. The van der Waals surface area contributed by atoms with Gasteiger partial charge in [-0.3, -0.25) is 0 Å². The van der Waals surface area contributed by atoms with Crippen LogP contribution in [-0.4, -0.2) is 106 Å². The van der Waals surface area contributed by atoms with E-state index in [1.54, 1.807) is 6.92 Å². The van der Waals surface area contributed by atoms with Gasteiger partial charge in [0.1, 0.15) is 24.4 Å². The molecule has 148 valence electrons. The Kier molecular flexibility index (Phi) is 6.73. The number of aliphatic hydroxyl groups excluding tert-OH is 5. The van der Waals surface area contributed by atoms with Gasteiger partial charge in [-0.05, 0) is 14.0 Å². The predicted octanol–water partition coefficient (Wildman–Crippen LogP) is -5.50. The molecule has 11 heteroatoms. The smallest absolute Gasteiger partial charge is 0.176 e. The molecule has 0 amide bonds. The summed E-state index contributed by atoms with van der Waals surface area (Å²) in [6.07, 6.45) is -9.87. The van der Waals surface area contributed by atoms with E-state index in [0.717, 1.165) is 0 Å². The molecule has 0 bridgehead atoms. The van der Waals surface area contributed by atoms with Gasteiger partial charge in [-0.1, -0.05) is 0 Å². The number of nitrogens with two attached hydrogens (primary N) is 3. The zero-order chi connectivity index (χ0) is 19.0. The molecule has 1 heterocycles. The van der Waals surface area contributed by atoms with Gasteiger partial charge in [-0.2, -0.15) is 0 Å². The molecule has 2 rings (SSSR count). The fourth-order valence-electron chi connectivity index (χ4n) is 3.40. The highest BCUT2D eigenvalue weighted by Gasteiger charge is 2.51. The van der Waals surface area contributed by atoms with E-state index in [1.165, 1.54) is 7.05 Å². The summed E-state index contributed by atoms with van der Waals surface area (Å²) < 4.78 is 11.2. The molecule has 0 radical (unpaired) electrons. The Morgan fingerprint density at radius 2 is 1.48 bits per heavy atom. The molecule has 1 saturated heterocycles. The van der Waals surface area contributed by atoms with Crippen molar-refractivity contribution < 1.29 is 35.0 Å². The zero-order valence-corrected chi connectivity index (χ0v) is 14.2. The summed E-state index contributed by atoms with van der Waals surface area (Å²) in [4.78, 5) is 0. The second kappa shape index (κ2) is 8.06. The molecule has 0 aromatic carbocycles. The van der Waals surface area contributed by atoms with E-state index in [4.69, 9.17) is 26.7 Å². The van der Waals surface area contributed by atoms with Crippen LogP contribution >= 0.6 is 0 Å². The molecule has 0 spiro atoms. The zero-order valence-electron chi connectivity index (χ0n) is 14.2. The summed E-state index contributed by atoms with van der Waals surface area (Å²) in [5.74, 6) is 0. The maximum absolute atomic E-state index is 10.4. The van der Waals surface area contributed by atoms with Crippen molar-refractivity contribution in [1.29, 1.82) is 0 Å². The van der Waals surface area contributed by atoms with Crippen molar-refractivity contribution >= 4 is 0 Å². The van der Waals surface area contributed by atoms with Crippen LogP contribution in [0.15, 0.2) is 0 Å². The van der Waals surface area contributed by atoms with Gasteiger partial charge in [-0.25, -0.2) is 0 Å². The highest BCUT2D eigenvalue weighted by molar-refractivity contribution is 5.05. The highest BCUT2D eigenvalue weighted by atomic mass is 16.7. The first kappa shape index (κ1) is 20.9. The number of rotatable bonds is 4. The van der Waals surface area contributed by atoms with E-state index in [0.29, 0.717) is 0 Å². The number of aliphatic hydroxyl groups is 5. The SMILES string of the molecule is CN[C@H]1[C@H](O)[C@@H](O)[C@H](N)[C@@H](O[C@H]2O[C@H]([C@H](C)N)[C@@H](O)[C@H](O)[C@H]2N)[C@@H]1O. The molecule has 1 aliphatic carbocycles. The lowest BCUT2D eigenvalue weighted by molar-refractivity contribution is -0.295. The Hall–Kier alpha value is -0.440. The van der Waals surface area contributed by atoms with Crippen LogP contribution in [0.25, 0.3) is 0 Å². The minimum Gasteiger partial charge on any atom is -0.389 e. The van der Waals surface area contributed by atoms with Crippen molar-refractivity contribution in [2.24, 2.45) is 17.2 Å². The van der Waals surface area contributed by atoms with E-state index >= 15 is 0 Å². The van der Waals surface area contributed by atoms with Gasteiger partial charge < -0.3 is 57.5 Å². The van der Waals surface area contributed by atoms with Crippen molar-refractivity contribution in [3.63, 3.8) is 0 Å². The van der Waals surface area contributed by atoms with Crippen LogP contribution in [0, 0.1) is 0 Å². The van der Waals surface area contributed by atoms with E-state index in [-0.39, 0.29) is 0 Å². The maximum Gasteiger partial charge on any atom is 0.176 e. The molecule has 2 aliphatic rings. The normalized spacial score (nSPS) is 52.8. The number of hydrogen-bond donors (Lipinski definition) is 9. The minimum absolute atomic E-state index is 0.620. The third-order valence-corrected chi connectivity index (χ3v) is 5.03. The van der Waals surface area contributed by atoms with Crippen molar-refractivity contribution in [2.75, 3.05) is 7.05 Å². The summed E-state index contributed by atoms with van der Waals surface area (Å²) in [5, 5.41) is 53.3. The Labute approximate surface area is 145 Å². The second-order valence-corrected chi connectivity index (χ2v) is 6.85. The van der Waals surface area contributed by atoms with Crippen LogP contribution in [-0.2, 0) is 9.47 Å². The average molecular weight is 366 g/mol. The Balaban J connectivity index is 2.18. The Morgan fingerprint density at radius 1 is 0.920 bits per heavy atom. The van der Waals surface area contributed by atoms with Crippen LogP contribution in [0.2, 0.25) is 0 Å². The molecule has 0 aromatic rings. The Morgan fingerprint density at radius 3 is 2.00 bits per heavy atom. The molecule has 0 aromatic heterocycles. The monoisotopic (exact) mass is 366 g/mol. The third-order valence-electron chi connectivity index (χ3n) is 5.03. The second-order valence-electron chi connectivity index (χ2n) is 6.85. The fourth-order valence-corrected chi connectivity index (χ4v) is 3.40. The summed E-state index contributed by atoms with van der Waals surface area (Å²) in [6.45, 7) is 1.59. The van der Waals surface area contributed by atoms with Crippen molar-refractivity contribution in [1.82, 2.24) is 5.32 Å². The number of ether oxygens (including phenoxy) is 2. The fraction of sp³-hybridized carbons (Fsp3) is 1.00. The third kappa shape index (κ3) is 3.82. The minimum atomic E-state index is -1.36. The first-order valence-corrected chi connectivity index (χ1v) is 8.27. The van der Waals surface area contributed by atoms with E-state index in [1.807, 2.05) is 0 Å². The molecule has 12 N–H and O–H groups in total. The van der Waals surface area contributed by atoms with Crippen LogP contribution in [0.3, 0.4) is 0 Å². The van der Waals surface area contributed by atoms with E-state index in [2.05, 4.69) is 5.32 Å². The summed E-state index contributed by atoms with van der Waals surface area (Å²) in [7, 11) is 1.51. The maximum atomic E-state index is 10.4. The van der Waals surface area contributed by atoms with Crippen molar-refractivity contribution in [2.45, 2.75) is 80.1 Å². The lowest BCUT2D eigenvalue weighted by atomic mass is 9.81. The number of likely N-dealkylation sites (N-methyl/N-ethyl adjacent to an activating group) is 1. The molecular formula is C14H30N4O7. The van der Waals surface area contributed by atoms with Gasteiger partial charge in [0.2, 0.25) is 0 Å². The molecule has 12 atom stereocenters. The van der Waals surface area contributed by atoms with Gasteiger partial charge in [0, 0.05) is 6.04 Å². The quantitative estimate of drug-likeness (QED) is 0.229. The van der Waals surface area contributed by atoms with Crippen molar-refractivity contribution in [3.8, 4) is 0 Å². The first-order chi connectivity index (χ1) is 11.6. The summed E-state index contributed by atoms with van der Waals surface area (Å²) in [6, 6.07) is -3.75. The number of hydrogen-bond acceptors (Lipinski definition) is 11. The first-order valence-electron chi connectivity index (χ1n) is 8.27. The van der Waals surface area contributed by atoms with Gasteiger partial charge in [0.05, 0.1) is 36.4 Å². The average Bonchev–Trinajstić information content (AvgIpc) is 2.56. The molecule has 11 nitrogen and oxygen atoms in total. The van der Waals surface area contributed by atoms with Gasteiger partial charge in [0.25, 0.3) is 0 Å². The van der Waals surface area contributed by atoms with Crippen LogP contribution in [0.4, 0.5) is 0 Å². The predicted molar refractivity (Wildman–Crippen MR) is 86.0 cm³/mol. The Bertz CT molecular complexity index is 445. The molecule has 0 unspecified atom stereocenters. The van der Waals surface area contributed by atoms with Gasteiger partial charge in [-0.15, -0.1) is 0 Å². The van der Waals surface area contributed by atoms with Gasteiger partial charge >= 0.3 is 0 Å².